The van der Waals surface area contributed by atoms with Crippen LogP contribution in [0.1, 0.15) is 13.8 Å². The van der Waals surface area contributed by atoms with Gasteiger partial charge in [0.15, 0.2) is 11.2 Å². The van der Waals surface area contributed by atoms with Crippen LogP contribution in [0.3, 0.4) is 0 Å². The number of morpholine rings is 1. The minimum Gasteiger partial charge on any atom is -0.372 e. The molecule has 3 heterocycles. The molecule has 2 aromatic rings. The number of amides is 1. The number of aryl methyl sites for hydroxylation is 1. The molecule has 1 saturated heterocycles. The summed E-state index contributed by atoms with van der Waals surface area (Å²) in [6.07, 6.45) is 1.61. The van der Waals surface area contributed by atoms with Crippen LogP contribution in [0.15, 0.2) is 11.4 Å². The number of fused-ring (bicyclic) bond motifs is 1. The lowest BCUT2D eigenvalue weighted by Crippen LogP contribution is -2.48. The highest BCUT2D eigenvalue weighted by Gasteiger charge is 2.26. The normalized spacial score (nSPS) is 22.2. The molecule has 0 aromatic carbocycles. The number of aromatic nitrogens is 5. The summed E-state index contributed by atoms with van der Waals surface area (Å²) < 4.78 is 7.24. The maximum absolute atomic E-state index is 12.4. The van der Waals surface area contributed by atoms with Gasteiger partial charge in [-0.25, -0.2) is 14.6 Å². The number of carbonyl (C=O) groups is 1. The average Bonchev–Trinajstić information content (AvgIpc) is 2.86. The van der Waals surface area contributed by atoms with Gasteiger partial charge < -0.3 is 9.64 Å². The molecule has 0 unspecified atom stereocenters. The Kier molecular flexibility index (Phi) is 4.25. The van der Waals surface area contributed by atoms with Gasteiger partial charge in [0.1, 0.15) is 11.4 Å². The maximum atomic E-state index is 12.4. The van der Waals surface area contributed by atoms with Crippen molar-refractivity contribution in [3.63, 3.8) is 0 Å². The van der Waals surface area contributed by atoms with E-state index in [0.717, 1.165) is 0 Å². The lowest BCUT2D eigenvalue weighted by atomic mass is 10.2. The SMILES string of the molecule is C[C@@H]1CN(C(=O)CSc2ncnc3c2nnn3C)C[C@H](C)O1. The zero-order chi connectivity index (χ0) is 15.7. The average molecular weight is 322 g/mol. The Bertz CT molecular complexity index is 680. The predicted octanol–water partition coefficient (Wildman–Crippen LogP) is 0.486. The van der Waals surface area contributed by atoms with Crippen LogP contribution in [0.25, 0.3) is 11.2 Å². The fourth-order valence-electron chi connectivity index (χ4n) is 2.54. The standard InChI is InChI=1S/C13H18N6O2S/c1-8-4-19(5-9(2)21-8)10(20)6-22-13-11-12(14-7-15-13)18(3)17-16-11/h7-9H,4-6H2,1-3H3/t8-,9+. The highest BCUT2D eigenvalue weighted by atomic mass is 32.2. The molecule has 9 heteroatoms. The molecule has 1 aliphatic rings. The van der Waals surface area contributed by atoms with E-state index in [2.05, 4.69) is 20.3 Å². The monoisotopic (exact) mass is 322 g/mol. The molecule has 0 aliphatic carbocycles. The number of ether oxygens (including phenoxy) is 1. The summed E-state index contributed by atoms with van der Waals surface area (Å²) in [5.74, 6) is 0.407. The van der Waals surface area contributed by atoms with Gasteiger partial charge in [0.2, 0.25) is 5.91 Å². The van der Waals surface area contributed by atoms with Crippen LogP contribution in [-0.4, -0.2) is 66.8 Å². The number of thioether (sulfide) groups is 1. The summed E-state index contributed by atoms with van der Waals surface area (Å²) in [7, 11) is 1.78. The summed E-state index contributed by atoms with van der Waals surface area (Å²) in [4.78, 5) is 22.6. The molecular weight excluding hydrogens is 304 g/mol. The molecule has 1 fully saturated rings. The zero-order valence-corrected chi connectivity index (χ0v) is 13.6. The van der Waals surface area contributed by atoms with Crippen molar-refractivity contribution in [1.29, 1.82) is 0 Å². The van der Waals surface area contributed by atoms with Gasteiger partial charge in [0.25, 0.3) is 0 Å². The molecule has 0 N–H and O–H groups in total. The zero-order valence-electron chi connectivity index (χ0n) is 12.8. The highest BCUT2D eigenvalue weighted by Crippen LogP contribution is 2.23. The first-order valence-corrected chi connectivity index (χ1v) is 8.09. The molecule has 3 rings (SSSR count). The van der Waals surface area contributed by atoms with E-state index in [1.54, 1.807) is 11.7 Å². The van der Waals surface area contributed by atoms with Gasteiger partial charge in [0.05, 0.1) is 18.0 Å². The maximum Gasteiger partial charge on any atom is 0.233 e. The first kappa shape index (κ1) is 15.2. The number of rotatable bonds is 3. The third-order valence-electron chi connectivity index (χ3n) is 3.46. The first-order valence-electron chi connectivity index (χ1n) is 7.11. The molecule has 118 valence electrons. The second-order valence-corrected chi connectivity index (χ2v) is 6.37. The smallest absolute Gasteiger partial charge is 0.233 e. The van der Waals surface area contributed by atoms with E-state index in [0.29, 0.717) is 35.0 Å². The Hall–Kier alpha value is -1.74. The molecule has 2 aromatic heterocycles. The largest absolute Gasteiger partial charge is 0.372 e. The van der Waals surface area contributed by atoms with Crippen molar-refractivity contribution < 1.29 is 9.53 Å². The fraction of sp³-hybridized carbons (Fsp3) is 0.615. The summed E-state index contributed by atoms with van der Waals surface area (Å²) in [5, 5.41) is 8.67. The van der Waals surface area contributed by atoms with Gasteiger partial charge >= 0.3 is 0 Å². The molecule has 0 saturated carbocycles. The molecule has 0 radical (unpaired) electrons. The Balaban J connectivity index is 1.67. The fourth-order valence-corrected chi connectivity index (χ4v) is 3.37. The third kappa shape index (κ3) is 3.05. The molecule has 0 spiro atoms. The van der Waals surface area contributed by atoms with Crippen molar-refractivity contribution in [2.75, 3.05) is 18.8 Å². The van der Waals surface area contributed by atoms with Crippen LogP contribution in [0.2, 0.25) is 0 Å². The number of carbonyl (C=O) groups excluding carboxylic acids is 1. The lowest BCUT2D eigenvalue weighted by Gasteiger charge is -2.35. The van der Waals surface area contributed by atoms with Gasteiger partial charge in [-0.05, 0) is 13.8 Å². The van der Waals surface area contributed by atoms with Crippen LogP contribution in [0.4, 0.5) is 0 Å². The number of nitrogens with zero attached hydrogens (tertiary/aromatic N) is 6. The van der Waals surface area contributed by atoms with Gasteiger partial charge in [-0.15, -0.1) is 5.10 Å². The van der Waals surface area contributed by atoms with Crippen LogP contribution < -0.4 is 0 Å². The van der Waals surface area contributed by atoms with E-state index < -0.39 is 0 Å². The van der Waals surface area contributed by atoms with E-state index in [1.807, 2.05) is 18.7 Å². The Morgan fingerprint density at radius 1 is 1.36 bits per heavy atom. The van der Waals surface area contributed by atoms with E-state index in [9.17, 15) is 4.79 Å². The topological polar surface area (TPSA) is 86.0 Å². The summed E-state index contributed by atoms with van der Waals surface area (Å²) in [6, 6.07) is 0. The van der Waals surface area contributed by atoms with Crippen LogP contribution in [-0.2, 0) is 16.6 Å². The first-order chi connectivity index (χ1) is 10.5. The second kappa shape index (κ2) is 6.17. The molecule has 22 heavy (non-hydrogen) atoms. The Morgan fingerprint density at radius 2 is 2.09 bits per heavy atom. The Morgan fingerprint density at radius 3 is 2.82 bits per heavy atom. The molecule has 8 nitrogen and oxygen atoms in total. The van der Waals surface area contributed by atoms with Crippen molar-refractivity contribution in [2.45, 2.75) is 31.1 Å². The lowest BCUT2D eigenvalue weighted by molar-refractivity contribution is -0.140. The van der Waals surface area contributed by atoms with Crippen molar-refractivity contribution in [1.82, 2.24) is 29.9 Å². The quantitative estimate of drug-likeness (QED) is 0.600. The van der Waals surface area contributed by atoms with Crippen molar-refractivity contribution in [2.24, 2.45) is 7.05 Å². The predicted molar refractivity (Wildman–Crippen MR) is 81.4 cm³/mol. The summed E-state index contributed by atoms with van der Waals surface area (Å²) in [6.45, 7) is 5.23. The molecular formula is C13H18N6O2S. The molecule has 1 aliphatic heterocycles. The van der Waals surface area contributed by atoms with Crippen molar-refractivity contribution in [3.8, 4) is 0 Å². The molecule has 0 bridgehead atoms. The van der Waals surface area contributed by atoms with E-state index in [4.69, 9.17) is 4.74 Å². The number of hydrogen-bond donors (Lipinski definition) is 0. The van der Waals surface area contributed by atoms with Crippen LogP contribution in [0.5, 0.6) is 0 Å². The van der Waals surface area contributed by atoms with Crippen LogP contribution in [0, 0.1) is 0 Å². The summed E-state index contributed by atoms with van der Waals surface area (Å²) in [5.41, 5.74) is 1.30. The molecule has 2 atom stereocenters. The number of hydrogen-bond acceptors (Lipinski definition) is 7. The third-order valence-corrected chi connectivity index (χ3v) is 4.42. The van der Waals surface area contributed by atoms with Gasteiger partial charge in [-0.2, -0.15) is 0 Å². The molecule has 1 amide bonds. The summed E-state index contributed by atoms with van der Waals surface area (Å²) >= 11 is 1.37. The second-order valence-electron chi connectivity index (χ2n) is 5.41. The Labute approximate surface area is 132 Å². The van der Waals surface area contributed by atoms with Crippen molar-refractivity contribution >= 4 is 28.8 Å². The highest BCUT2D eigenvalue weighted by molar-refractivity contribution is 8.00. The minimum absolute atomic E-state index is 0.0726. The van der Waals surface area contributed by atoms with Gasteiger partial charge in [-0.3, -0.25) is 4.79 Å². The van der Waals surface area contributed by atoms with E-state index in [-0.39, 0.29) is 18.1 Å². The van der Waals surface area contributed by atoms with Gasteiger partial charge in [0, 0.05) is 20.1 Å². The van der Waals surface area contributed by atoms with Crippen molar-refractivity contribution in [3.05, 3.63) is 6.33 Å². The van der Waals surface area contributed by atoms with Gasteiger partial charge in [-0.1, -0.05) is 17.0 Å². The van der Waals surface area contributed by atoms with E-state index >= 15 is 0 Å². The van der Waals surface area contributed by atoms with E-state index in [1.165, 1.54) is 18.1 Å². The van der Waals surface area contributed by atoms with Crippen LogP contribution >= 0.6 is 11.8 Å². The minimum atomic E-state index is 0.0726.